The van der Waals surface area contributed by atoms with Crippen molar-refractivity contribution in [2.75, 3.05) is 51.3 Å². The highest BCUT2D eigenvalue weighted by Crippen LogP contribution is 2.45. The third-order valence-corrected chi connectivity index (χ3v) is 23.2. The Morgan fingerprint density at radius 3 is 1.87 bits per heavy atom. The smallest absolute Gasteiger partial charge is 0.245 e. The van der Waals surface area contributed by atoms with Gasteiger partial charge >= 0.3 is 0 Å². The van der Waals surface area contributed by atoms with Crippen molar-refractivity contribution in [3.63, 3.8) is 0 Å². The van der Waals surface area contributed by atoms with Crippen molar-refractivity contribution >= 4 is 92.7 Å². The molecule has 31 heteroatoms. The summed E-state index contributed by atoms with van der Waals surface area (Å²) in [5.41, 5.74) is 19.2. The number of unbranched alkanes of at least 4 members (excludes halogenated alkanes) is 1. The number of nitrogens with one attached hydrogen (secondary N) is 14. The van der Waals surface area contributed by atoms with Gasteiger partial charge in [0, 0.05) is 116 Å². The number of para-hydroxylation sites is 1. The Morgan fingerprint density at radius 2 is 1.20 bits per heavy atom. The molecule has 8 aromatic rings. The third-order valence-electron chi connectivity index (χ3n) is 22.1. The lowest BCUT2D eigenvalue weighted by molar-refractivity contribution is -0.136. The lowest BCUT2D eigenvalue weighted by atomic mass is 9.73. The molecule has 3 aromatic heterocycles. The molecular formula is C86H110N18O12S. The molecule has 5 heterocycles. The number of H-pyrrole nitrogens is 2. The standard InChI is InChI=1S/C86H110N18O12S/c1-51(105)77-85(116)102-70(40-52-14-4-3-5-15-52)78(109)91-34-11-9-19-67(95-47-59(38-53-23-27-60(106)28-24-53)96-75(108)50-117-49-56-39-64-63-17-12-21-66-76(63)58(46-94-66)44-74(64)104(2)48-56)79(110)97-69(22-13-35-92-86(88)89)80(111)99-72(42-55-31-36-90-37-32-55)82(113)100-71(41-54-25-29-61(107)30-26-54)83(114)101-73(43-57-45-93-65-18-7-6-16-62(57)65)84(115)98-68(81(112)103-77)20-8-10-33-87/h3-7,12,14-18,21,23-32,36-37,45-46,51,56,59,64,67-74,77,93-95,105-107H,8-11,13,19-20,22,33-35,38-44,47-50,87H2,1-2H3,(H,91,109)(H,96,108)(H,97,110)(H,98,115)(H,99,111)(H,100,113)(H,101,114)(H,102,116)(H,103,112)(H4,88,89,92)/t51-,56-,59-,64-,67-,68+,69+,70+,71+,72+,73-,74-,77+/m1/s1. The summed E-state index contributed by atoms with van der Waals surface area (Å²) in [6.45, 7) is 2.54. The molecule has 30 nitrogen and oxygen atoms in total. The zero-order valence-electron chi connectivity index (χ0n) is 66.0. The van der Waals surface area contributed by atoms with E-state index in [9.17, 15) is 34.5 Å². The summed E-state index contributed by atoms with van der Waals surface area (Å²) < 4.78 is 0. The predicted octanol–water partition coefficient (Wildman–Crippen LogP) is 3.27. The minimum Gasteiger partial charge on any atom is -0.508 e. The van der Waals surface area contributed by atoms with Crippen molar-refractivity contribution in [2.24, 2.45) is 17.4 Å². The number of carbonyl (C=O) groups is 9. The first-order valence-electron chi connectivity index (χ1n) is 40.3. The number of aliphatic hydroxyl groups excluding tert-OH is 1. The van der Waals surface area contributed by atoms with Crippen LogP contribution in [-0.4, -0.2) is 212 Å². The van der Waals surface area contributed by atoms with Gasteiger partial charge in [0.2, 0.25) is 53.2 Å². The molecule has 622 valence electrons. The summed E-state index contributed by atoms with van der Waals surface area (Å²) in [7, 11) is 2.18. The second-order valence-electron chi connectivity index (χ2n) is 30.9. The molecule has 9 amide bonds. The van der Waals surface area contributed by atoms with E-state index in [0.29, 0.717) is 63.9 Å². The average Bonchev–Trinajstić information content (AvgIpc) is 1.66. The van der Waals surface area contributed by atoms with Crippen LogP contribution in [0.5, 0.6) is 11.5 Å². The fourth-order valence-electron chi connectivity index (χ4n) is 15.9. The molecule has 0 unspecified atom stereocenters. The number of piperidine rings is 1. The van der Waals surface area contributed by atoms with E-state index in [4.69, 9.17) is 16.9 Å². The summed E-state index contributed by atoms with van der Waals surface area (Å²) in [5.74, 6) is -5.59. The Bertz CT molecular complexity index is 4690. The Morgan fingerprint density at radius 1 is 0.624 bits per heavy atom. The van der Waals surface area contributed by atoms with E-state index in [1.807, 2.05) is 18.2 Å². The third kappa shape index (κ3) is 24.8. The maximum Gasteiger partial charge on any atom is 0.245 e. The number of amides is 9. The number of phenols is 2. The van der Waals surface area contributed by atoms with Crippen molar-refractivity contribution in [2.45, 2.75) is 176 Å². The van der Waals surface area contributed by atoms with Crippen LogP contribution in [0.15, 0.2) is 158 Å². The van der Waals surface area contributed by atoms with Crippen LogP contribution < -0.4 is 70.0 Å². The number of aromatic amines is 2. The number of aliphatic hydroxyl groups is 1. The van der Waals surface area contributed by atoms with Gasteiger partial charge in [0.1, 0.15) is 53.8 Å². The first-order chi connectivity index (χ1) is 56.5. The number of hydrogen-bond acceptors (Lipinski definition) is 18. The van der Waals surface area contributed by atoms with Crippen LogP contribution in [0.1, 0.15) is 110 Å². The molecule has 21 N–H and O–H groups in total. The first kappa shape index (κ1) is 86.5. The van der Waals surface area contributed by atoms with Gasteiger partial charge < -0.3 is 100 Å². The number of nitrogens with two attached hydrogens (primary N) is 2. The van der Waals surface area contributed by atoms with E-state index in [1.54, 1.807) is 103 Å². The molecule has 13 atom stereocenters. The molecule has 11 rings (SSSR count). The van der Waals surface area contributed by atoms with Crippen LogP contribution in [-0.2, 0) is 81.7 Å². The van der Waals surface area contributed by atoms with Gasteiger partial charge in [-0.1, -0.05) is 84.9 Å². The number of guanidine groups is 1. The van der Waals surface area contributed by atoms with Gasteiger partial charge in [-0.3, -0.25) is 53.5 Å². The summed E-state index contributed by atoms with van der Waals surface area (Å²) in [6, 6.07) is 26.7. The van der Waals surface area contributed by atoms with E-state index in [0.717, 1.165) is 36.2 Å². The van der Waals surface area contributed by atoms with Crippen LogP contribution in [0.3, 0.4) is 0 Å². The molecule has 117 heavy (non-hydrogen) atoms. The highest BCUT2D eigenvalue weighted by atomic mass is 32.2. The monoisotopic (exact) mass is 1620 g/mol. The Hall–Kier alpha value is -11.4. The van der Waals surface area contributed by atoms with Crippen molar-refractivity contribution in [3.8, 4) is 11.5 Å². The van der Waals surface area contributed by atoms with E-state index in [-0.39, 0.29) is 126 Å². The molecule has 2 fully saturated rings. The topological polar surface area (TPSA) is 470 Å². The summed E-state index contributed by atoms with van der Waals surface area (Å²) in [4.78, 5) is 149. The maximum absolute atomic E-state index is 15.5. The molecule has 0 radical (unpaired) electrons. The number of nitrogens with zero attached hydrogens (tertiary/aromatic N) is 2. The first-order valence-corrected chi connectivity index (χ1v) is 41.5. The summed E-state index contributed by atoms with van der Waals surface area (Å²) >= 11 is 1.56. The predicted molar refractivity (Wildman–Crippen MR) is 448 cm³/mol. The second kappa shape index (κ2) is 42.5. The highest BCUT2D eigenvalue weighted by Gasteiger charge is 2.41. The van der Waals surface area contributed by atoms with Crippen LogP contribution in [0.2, 0.25) is 0 Å². The maximum atomic E-state index is 15.5. The number of aromatic nitrogens is 3. The van der Waals surface area contributed by atoms with Gasteiger partial charge in [0.05, 0.1) is 17.9 Å². The molecular weight excluding hydrogens is 1510 g/mol. The van der Waals surface area contributed by atoms with Gasteiger partial charge in [0.15, 0.2) is 5.96 Å². The lowest BCUT2D eigenvalue weighted by Gasteiger charge is -2.45. The zero-order chi connectivity index (χ0) is 82.9. The number of rotatable bonds is 27. The van der Waals surface area contributed by atoms with Crippen molar-refractivity contribution in [3.05, 3.63) is 197 Å². The van der Waals surface area contributed by atoms with Gasteiger partial charge in [0.25, 0.3) is 0 Å². The minimum atomic E-state index is -1.69. The highest BCUT2D eigenvalue weighted by molar-refractivity contribution is 7.99. The summed E-state index contributed by atoms with van der Waals surface area (Å²) in [5, 5.41) is 74.3. The van der Waals surface area contributed by atoms with Gasteiger partial charge in [-0.2, -0.15) is 11.8 Å². The van der Waals surface area contributed by atoms with E-state index < -0.39 is 108 Å². The normalized spacial score (nSPS) is 23.0. The zero-order valence-corrected chi connectivity index (χ0v) is 66.9. The van der Waals surface area contributed by atoms with Crippen LogP contribution in [0.4, 0.5) is 0 Å². The number of aromatic hydroxyl groups is 2. The molecule has 0 saturated carbocycles. The molecule has 3 aliphatic rings. The fourth-order valence-corrected chi connectivity index (χ4v) is 16.9. The van der Waals surface area contributed by atoms with Gasteiger partial charge in [-0.25, -0.2) is 0 Å². The fraction of sp³-hybridized carbons (Fsp3) is 0.430. The number of benzene rings is 5. The largest absolute Gasteiger partial charge is 0.508 e. The molecule has 1 aliphatic carbocycles. The number of likely N-dealkylation sites (N-methyl/N-ethyl adjacent to an activating group) is 1. The van der Waals surface area contributed by atoms with E-state index in [1.165, 1.54) is 48.0 Å². The molecule has 0 spiro atoms. The SMILES string of the molecule is C[C@@H](O)[C@@H]1NC(=O)[C@H](CCCCN)NC(=O)[C@@H](Cc2c[nH]c3ccccc23)NC(=O)[C@H](Cc2ccc(O)cc2)NC(=O)[C@H](Cc2ccncc2)NC(=O)[C@H](CCCNC(=N)N)NC(=O)[C@H](NC[C@@H](Cc2ccc(O)cc2)NC(=O)CSC[C@@H]2C[C@@H]3c4cccc5[nH]cc(c45)C[C@H]3N(C)C2)CCCCNC(=O)[C@H](Cc2ccccc2)NC1=O. The Kier molecular flexibility index (Phi) is 31.4. The van der Waals surface area contributed by atoms with E-state index in [2.05, 4.69) is 110 Å². The summed E-state index contributed by atoms with van der Waals surface area (Å²) in [6.07, 6.45) is 8.24. The van der Waals surface area contributed by atoms with Crippen molar-refractivity contribution in [1.82, 2.24) is 78.3 Å². The van der Waals surface area contributed by atoms with Crippen molar-refractivity contribution < 1.29 is 58.5 Å². The Balaban J connectivity index is 0.908. The van der Waals surface area contributed by atoms with E-state index >= 15 is 24.0 Å². The molecule has 5 aromatic carbocycles. The number of fused-ring (bicyclic) bond motifs is 3. The number of thioether (sulfide) groups is 1. The van der Waals surface area contributed by atoms with Crippen LogP contribution in [0, 0.1) is 11.3 Å². The number of likely N-dealkylation sites (tertiary alicyclic amines) is 1. The average molecular weight is 1620 g/mol. The van der Waals surface area contributed by atoms with Gasteiger partial charge in [-0.05, 0) is 190 Å². The van der Waals surface area contributed by atoms with Crippen LogP contribution >= 0.6 is 11.8 Å². The number of hydrogen-bond donors (Lipinski definition) is 19. The second-order valence-corrected chi connectivity index (χ2v) is 32.0. The molecule has 0 bridgehead atoms. The quantitative estimate of drug-likeness (QED) is 0.0199. The molecule has 2 aliphatic heterocycles. The molecule has 2 saturated heterocycles. The van der Waals surface area contributed by atoms with Gasteiger partial charge in [-0.15, -0.1) is 0 Å². The minimum absolute atomic E-state index is 0.0138. The number of carbonyl (C=O) groups excluding carboxylic acids is 9. The lowest BCUT2D eigenvalue weighted by Crippen LogP contribution is -2.62. The number of pyridine rings is 1. The number of phenolic OH excluding ortho intramolecular Hbond substituents is 2. The van der Waals surface area contributed by atoms with Crippen molar-refractivity contribution in [1.29, 1.82) is 5.41 Å². The van der Waals surface area contributed by atoms with Crippen LogP contribution in [0.25, 0.3) is 21.8 Å². The Labute approximate surface area is 684 Å².